The highest BCUT2D eigenvalue weighted by atomic mass is 32.2. The van der Waals surface area contributed by atoms with Gasteiger partial charge < -0.3 is 19.3 Å². The van der Waals surface area contributed by atoms with E-state index >= 15 is 0 Å². The number of carbonyl (C=O) groups is 1. The van der Waals surface area contributed by atoms with Crippen molar-refractivity contribution in [3.8, 4) is 0 Å². The molecule has 25 heavy (non-hydrogen) atoms. The number of carbonyl (C=O) groups excluding carboxylic acids is 1. The number of ether oxygens (including phenoxy) is 2. The standard InChI is InChI=1S/C16H31N3O5S/c1-17(2)8-4-9-19(25(3,21)22)10-5-15(20)18-11-6-16(7-12-18)23-13-14-24-16/h4-14H2,1-3H3. The molecule has 0 aromatic heterocycles. The lowest BCUT2D eigenvalue weighted by atomic mass is 10.0. The zero-order valence-corrected chi connectivity index (χ0v) is 16.4. The van der Waals surface area contributed by atoms with E-state index < -0.39 is 15.8 Å². The van der Waals surface area contributed by atoms with Gasteiger partial charge in [0.25, 0.3) is 0 Å². The number of piperidine rings is 1. The first-order valence-corrected chi connectivity index (χ1v) is 10.7. The van der Waals surface area contributed by atoms with Crippen LogP contribution in [0.25, 0.3) is 0 Å². The highest BCUT2D eigenvalue weighted by molar-refractivity contribution is 7.88. The van der Waals surface area contributed by atoms with Gasteiger partial charge in [-0.15, -0.1) is 0 Å². The molecular formula is C16H31N3O5S. The maximum Gasteiger partial charge on any atom is 0.223 e. The predicted octanol–water partition coefficient (Wildman–Crippen LogP) is -0.0447. The summed E-state index contributed by atoms with van der Waals surface area (Å²) in [4.78, 5) is 16.2. The second-order valence-corrected chi connectivity index (χ2v) is 9.04. The molecule has 2 fully saturated rings. The molecule has 2 aliphatic heterocycles. The van der Waals surface area contributed by atoms with Crippen molar-refractivity contribution in [3.05, 3.63) is 0 Å². The van der Waals surface area contributed by atoms with E-state index in [0.717, 1.165) is 13.0 Å². The number of amides is 1. The first-order valence-electron chi connectivity index (χ1n) is 8.87. The van der Waals surface area contributed by atoms with Crippen molar-refractivity contribution in [2.75, 3.05) is 66.3 Å². The third-order valence-electron chi connectivity index (χ3n) is 4.75. The molecule has 0 unspecified atom stereocenters. The van der Waals surface area contributed by atoms with Crippen molar-refractivity contribution in [1.82, 2.24) is 14.1 Å². The maximum atomic E-state index is 12.4. The predicted molar refractivity (Wildman–Crippen MR) is 94.7 cm³/mol. The molecule has 9 heteroatoms. The average Bonchev–Trinajstić information content (AvgIpc) is 2.97. The number of hydrogen-bond donors (Lipinski definition) is 0. The first kappa shape index (κ1) is 20.6. The van der Waals surface area contributed by atoms with Gasteiger partial charge in [-0.2, -0.15) is 0 Å². The first-order chi connectivity index (χ1) is 11.7. The minimum absolute atomic E-state index is 0.00546. The topological polar surface area (TPSA) is 79.4 Å². The van der Waals surface area contributed by atoms with E-state index in [2.05, 4.69) is 0 Å². The van der Waals surface area contributed by atoms with Gasteiger partial charge in [-0.05, 0) is 27.1 Å². The second-order valence-electron chi connectivity index (χ2n) is 7.06. The second kappa shape index (κ2) is 8.77. The lowest BCUT2D eigenvalue weighted by molar-refractivity contribution is -0.187. The molecule has 0 N–H and O–H groups in total. The molecule has 146 valence electrons. The molecule has 8 nitrogen and oxygen atoms in total. The summed E-state index contributed by atoms with van der Waals surface area (Å²) < 4.78 is 36.6. The third-order valence-corrected chi connectivity index (χ3v) is 6.05. The minimum atomic E-state index is -3.30. The van der Waals surface area contributed by atoms with Crippen molar-refractivity contribution in [2.24, 2.45) is 0 Å². The monoisotopic (exact) mass is 377 g/mol. The van der Waals surface area contributed by atoms with Crippen molar-refractivity contribution >= 4 is 15.9 Å². The summed E-state index contributed by atoms with van der Waals surface area (Å²) in [7, 11) is 0.604. The van der Waals surface area contributed by atoms with Gasteiger partial charge >= 0.3 is 0 Å². The SMILES string of the molecule is CN(C)CCCN(CCC(=O)N1CCC2(CC1)OCCO2)S(C)(=O)=O. The Labute approximate surface area is 151 Å². The number of likely N-dealkylation sites (tertiary alicyclic amines) is 1. The quantitative estimate of drug-likeness (QED) is 0.590. The smallest absolute Gasteiger partial charge is 0.223 e. The summed E-state index contributed by atoms with van der Waals surface area (Å²) in [5.74, 6) is -0.504. The van der Waals surface area contributed by atoms with Crippen LogP contribution < -0.4 is 0 Å². The molecule has 0 atom stereocenters. The molecule has 0 aromatic carbocycles. The molecule has 2 rings (SSSR count). The number of rotatable bonds is 8. The fourth-order valence-corrected chi connectivity index (χ4v) is 4.15. The van der Waals surface area contributed by atoms with Crippen LogP contribution in [0, 0.1) is 0 Å². The van der Waals surface area contributed by atoms with E-state index in [4.69, 9.17) is 9.47 Å². The van der Waals surface area contributed by atoms with Gasteiger partial charge in [0.15, 0.2) is 5.79 Å². The van der Waals surface area contributed by atoms with E-state index in [1.54, 1.807) is 4.90 Å². The van der Waals surface area contributed by atoms with Crippen LogP contribution in [0.2, 0.25) is 0 Å². The van der Waals surface area contributed by atoms with Gasteiger partial charge in [-0.3, -0.25) is 4.79 Å². The average molecular weight is 378 g/mol. The Bertz CT molecular complexity index is 536. The normalized spacial score (nSPS) is 20.8. The summed E-state index contributed by atoms with van der Waals surface area (Å²) >= 11 is 0. The molecule has 1 spiro atoms. The maximum absolute atomic E-state index is 12.4. The molecular weight excluding hydrogens is 346 g/mol. The molecule has 2 saturated heterocycles. The third kappa shape index (κ3) is 6.18. The van der Waals surface area contributed by atoms with E-state index in [1.165, 1.54) is 10.6 Å². The molecule has 2 heterocycles. The summed E-state index contributed by atoms with van der Waals surface area (Å²) in [5, 5.41) is 0. The number of sulfonamides is 1. The van der Waals surface area contributed by atoms with Crippen molar-refractivity contribution in [2.45, 2.75) is 31.5 Å². The van der Waals surface area contributed by atoms with Crippen LogP contribution in [0.4, 0.5) is 0 Å². The van der Waals surface area contributed by atoms with Gasteiger partial charge in [-0.1, -0.05) is 0 Å². The van der Waals surface area contributed by atoms with Gasteiger partial charge in [0.2, 0.25) is 15.9 Å². The Kier molecular flexibility index (Phi) is 7.21. The molecule has 2 aliphatic rings. The van der Waals surface area contributed by atoms with Crippen LogP contribution in [0.3, 0.4) is 0 Å². The lowest BCUT2D eigenvalue weighted by Crippen LogP contribution is -2.48. The molecule has 0 radical (unpaired) electrons. The Morgan fingerprint density at radius 2 is 1.68 bits per heavy atom. The van der Waals surface area contributed by atoms with E-state index in [1.807, 2.05) is 19.0 Å². The summed E-state index contributed by atoms with van der Waals surface area (Å²) in [6, 6.07) is 0. The zero-order chi connectivity index (χ0) is 18.5. The van der Waals surface area contributed by atoms with Crippen LogP contribution in [-0.2, 0) is 24.3 Å². The summed E-state index contributed by atoms with van der Waals surface area (Å²) in [6.07, 6.45) is 3.51. The van der Waals surface area contributed by atoms with E-state index in [9.17, 15) is 13.2 Å². The van der Waals surface area contributed by atoms with Crippen LogP contribution in [0.1, 0.15) is 25.7 Å². The molecule has 0 bridgehead atoms. The Morgan fingerprint density at radius 1 is 1.08 bits per heavy atom. The van der Waals surface area contributed by atoms with Gasteiger partial charge in [0.05, 0.1) is 19.5 Å². The largest absolute Gasteiger partial charge is 0.347 e. The molecule has 0 saturated carbocycles. The van der Waals surface area contributed by atoms with Crippen molar-refractivity contribution in [3.63, 3.8) is 0 Å². The van der Waals surface area contributed by atoms with Crippen LogP contribution in [0.5, 0.6) is 0 Å². The van der Waals surface area contributed by atoms with Crippen LogP contribution >= 0.6 is 0 Å². The highest BCUT2D eigenvalue weighted by Gasteiger charge is 2.40. The number of hydrogen-bond acceptors (Lipinski definition) is 6. The fraction of sp³-hybridized carbons (Fsp3) is 0.938. The molecule has 0 aromatic rings. The van der Waals surface area contributed by atoms with Gasteiger partial charge in [-0.25, -0.2) is 12.7 Å². The minimum Gasteiger partial charge on any atom is -0.347 e. The van der Waals surface area contributed by atoms with Crippen LogP contribution in [-0.4, -0.2) is 101 Å². The molecule has 1 amide bonds. The Hall–Kier alpha value is -0.740. The Morgan fingerprint density at radius 3 is 2.20 bits per heavy atom. The van der Waals surface area contributed by atoms with Gasteiger partial charge in [0.1, 0.15) is 0 Å². The lowest BCUT2D eigenvalue weighted by Gasteiger charge is -2.37. The Balaban J connectivity index is 1.78. The highest BCUT2D eigenvalue weighted by Crippen LogP contribution is 2.31. The van der Waals surface area contributed by atoms with E-state index in [0.29, 0.717) is 45.7 Å². The number of nitrogens with zero attached hydrogens (tertiary/aromatic N) is 3. The van der Waals surface area contributed by atoms with Crippen LogP contribution in [0.15, 0.2) is 0 Å². The van der Waals surface area contributed by atoms with Crippen molar-refractivity contribution in [1.29, 1.82) is 0 Å². The van der Waals surface area contributed by atoms with E-state index in [-0.39, 0.29) is 18.9 Å². The summed E-state index contributed by atoms with van der Waals surface area (Å²) in [5.41, 5.74) is 0. The van der Waals surface area contributed by atoms with Crippen molar-refractivity contribution < 1.29 is 22.7 Å². The fourth-order valence-electron chi connectivity index (χ4n) is 3.27. The zero-order valence-electron chi connectivity index (χ0n) is 15.6. The molecule has 0 aliphatic carbocycles. The van der Waals surface area contributed by atoms with Gasteiger partial charge in [0, 0.05) is 45.4 Å². The summed E-state index contributed by atoms with van der Waals surface area (Å²) in [6.45, 7) is 3.91.